The van der Waals surface area contributed by atoms with Crippen molar-refractivity contribution in [3.63, 3.8) is 0 Å². The van der Waals surface area contributed by atoms with Crippen LogP contribution in [-0.2, 0) is 0 Å². The van der Waals surface area contributed by atoms with Gasteiger partial charge in [-0.3, -0.25) is 4.99 Å². The maximum atomic E-state index is 5.89. The van der Waals surface area contributed by atoms with E-state index in [1.54, 1.807) is 0 Å². The zero-order valence-corrected chi connectivity index (χ0v) is 9.59. The molecular formula is C10H19N3S. The van der Waals surface area contributed by atoms with E-state index in [4.69, 9.17) is 5.73 Å². The van der Waals surface area contributed by atoms with Gasteiger partial charge in [0, 0.05) is 6.54 Å². The van der Waals surface area contributed by atoms with Crippen molar-refractivity contribution < 1.29 is 0 Å². The predicted molar refractivity (Wildman–Crippen MR) is 62.7 cm³/mol. The second-order valence-electron chi connectivity index (χ2n) is 4.08. The van der Waals surface area contributed by atoms with E-state index in [9.17, 15) is 0 Å². The highest BCUT2D eigenvalue weighted by Gasteiger charge is 2.33. The van der Waals surface area contributed by atoms with Gasteiger partial charge in [-0.15, -0.1) is 0 Å². The number of nitrogens with zero attached hydrogens (tertiary/aromatic N) is 2. The summed E-state index contributed by atoms with van der Waals surface area (Å²) >= 11 is 2.07. The molecular weight excluding hydrogens is 194 g/mol. The minimum absolute atomic E-state index is 0.602. The first kappa shape index (κ1) is 10.1. The van der Waals surface area contributed by atoms with Crippen molar-refractivity contribution in [1.29, 1.82) is 0 Å². The van der Waals surface area contributed by atoms with Gasteiger partial charge < -0.3 is 10.6 Å². The summed E-state index contributed by atoms with van der Waals surface area (Å²) in [6.07, 6.45) is 2.50. The average molecular weight is 213 g/mol. The van der Waals surface area contributed by atoms with E-state index in [0.29, 0.717) is 6.04 Å². The van der Waals surface area contributed by atoms with Crippen LogP contribution in [0.5, 0.6) is 0 Å². The molecule has 0 aromatic heterocycles. The fourth-order valence-electron chi connectivity index (χ4n) is 2.33. The fourth-order valence-corrected chi connectivity index (χ4v) is 3.66. The number of aliphatic imine (C=N–C) groups is 1. The molecule has 1 fully saturated rings. The van der Waals surface area contributed by atoms with Crippen molar-refractivity contribution in [2.24, 2.45) is 16.6 Å². The summed E-state index contributed by atoms with van der Waals surface area (Å²) in [5.41, 5.74) is 5.89. The van der Waals surface area contributed by atoms with Crippen molar-refractivity contribution in [2.45, 2.75) is 25.8 Å². The predicted octanol–water partition coefficient (Wildman–Crippen LogP) is 1.15. The number of thioether (sulfide) groups is 1. The van der Waals surface area contributed by atoms with E-state index in [0.717, 1.165) is 31.4 Å². The molecule has 2 N–H and O–H groups in total. The molecule has 14 heavy (non-hydrogen) atoms. The second kappa shape index (κ2) is 4.43. The van der Waals surface area contributed by atoms with Crippen molar-refractivity contribution in [2.75, 3.05) is 24.6 Å². The SMILES string of the molecule is CCCN1C(N)=NCC1C1CCSC1. The average Bonchev–Trinajstić information content (AvgIpc) is 2.77. The Bertz CT molecular complexity index is 223. The summed E-state index contributed by atoms with van der Waals surface area (Å²) in [6.45, 7) is 4.20. The molecule has 3 nitrogen and oxygen atoms in total. The van der Waals surface area contributed by atoms with Crippen LogP contribution in [-0.4, -0.2) is 41.5 Å². The molecule has 2 rings (SSSR count). The molecule has 2 aliphatic rings. The van der Waals surface area contributed by atoms with E-state index in [1.165, 1.54) is 17.9 Å². The second-order valence-corrected chi connectivity index (χ2v) is 5.23. The van der Waals surface area contributed by atoms with Crippen LogP contribution in [0.2, 0.25) is 0 Å². The van der Waals surface area contributed by atoms with Crippen LogP contribution in [0.3, 0.4) is 0 Å². The van der Waals surface area contributed by atoms with Crippen molar-refractivity contribution in [1.82, 2.24) is 4.90 Å². The molecule has 2 atom stereocenters. The topological polar surface area (TPSA) is 41.6 Å². The van der Waals surface area contributed by atoms with Gasteiger partial charge in [0.2, 0.25) is 0 Å². The largest absolute Gasteiger partial charge is 0.370 e. The number of rotatable bonds is 3. The highest BCUT2D eigenvalue weighted by Crippen LogP contribution is 2.30. The van der Waals surface area contributed by atoms with Crippen LogP contribution in [0.4, 0.5) is 0 Å². The molecule has 0 amide bonds. The lowest BCUT2D eigenvalue weighted by molar-refractivity contribution is 0.266. The Kier molecular flexibility index (Phi) is 3.21. The Labute approximate surface area is 90.1 Å². The van der Waals surface area contributed by atoms with Gasteiger partial charge >= 0.3 is 0 Å². The van der Waals surface area contributed by atoms with Crippen LogP contribution in [0, 0.1) is 5.92 Å². The summed E-state index contributed by atoms with van der Waals surface area (Å²) in [4.78, 5) is 6.69. The maximum Gasteiger partial charge on any atom is 0.191 e. The molecule has 4 heteroatoms. The van der Waals surface area contributed by atoms with E-state index < -0.39 is 0 Å². The zero-order chi connectivity index (χ0) is 9.97. The third kappa shape index (κ3) is 1.85. The van der Waals surface area contributed by atoms with Crippen LogP contribution < -0.4 is 5.73 Å². The molecule has 1 saturated heterocycles. The highest BCUT2D eigenvalue weighted by molar-refractivity contribution is 7.99. The molecule has 2 aliphatic heterocycles. The van der Waals surface area contributed by atoms with Crippen LogP contribution in [0.15, 0.2) is 4.99 Å². The van der Waals surface area contributed by atoms with E-state index in [2.05, 4.69) is 28.6 Å². The number of nitrogens with two attached hydrogens (primary N) is 1. The molecule has 0 radical (unpaired) electrons. The van der Waals surface area contributed by atoms with Gasteiger partial charge in [-0.1, -0.05) is 6.92 Å². The van der Waals surface area contributed by atoms with Crippen LogP contribution in [0.1, 0.15) is 19.8 Å². The monoisotopic (exact) mass is 213 g/mol. The fraction of sp³-hybridized carbons (Fsp3) is 0.900. The van der Waals surface area contributed by atoms with Gasteiger partial charge in [-0.25, -0.2) is 0 Å². The standard InChI is InChI=1S/C10H19N3S/c1-2-4-13-9(6-12-10(13)11)8-3-5-14-7-8/h8-9H,2-7H2,1H3,(H2,11,12). The first-order valence-corrected chi connectivity index (χ1v) is 6.62. The minimum Gasteiger partial charge on any atom is -0.370 e. The lowest BCUT2D eigenvalue weighted by Gasteiger charge is -2.29. The molecule has 0 spiro atoms. The first-order valence-electron chi connectivity index (χ1n) is 5.47. The summed E-state index contributed by atoms with van der Waals surface area (Å²) in [6, 6.07) is 0.602. The number of guanidine groups is 1. The van der Waals surface area contributed by atoms with Gasteiger partial charge in [-0.05, 0) is 30.3 Å². The molecule has 0 aliphatic carbocycles. The number of hydrogen-bond donors (Lipinski definition) is 1. The first-order chi connectivity index (χ1) is 6.83. The molecule has 0 saturated carbocycles. The normalized spacial score (nSPS) is 32.4. The molecule has 2 heterocycles. The van der Waals surface area contributed by atoms with Gasteiger partial charge in [-0.2, -0.15) is 11.8 Å². The smallest absolute Gasteiger partial charge is 0.191 e. The van der Waals surface area contributed by atoms with Crippen LogP contribution in [0.25, 0.3) is 0 Å². The van der Waals surface area contributed by atoms with Gasteiger partial charge in [0.05, 0.1) is 12.6 Å². The third-order valence-electron chi connectivity index (χ3n) is 3.11. The lowest BCUT2D eigenvalue weighted by Crippen LogP contribution is -2.45. The van der Waals surface area contributed by atoms with Gasteiger partial charge in [0.25, 0.3) is 0 Å². The van der Waals surface area contributed by atoms with E-state index >= 15 is 0 Å². The quantitative estimate of drug-likeness (QED) is 0.764. The summed E-state index contributed by atoms with van der Waals surface area (Å²) in [7, 11) is 0. The van der Waals surface area contributed by atoms with Gasteiger partial charge in [0.15, 0.2) is 5.96 Å². The van der Waals surface area contributed by atoms with Crippen LogP contribution >= 0.6 is 11.8 Å². The van der Waals surface area contributed by atoms with Crippen molar-refractivity contribution in [3.8, 4) is 0 Å². The Balaban J connectivity index is 1.98. The molecule has 0 aromatic carbocycles. The third-order valence-corrected chi connectivity index (χ3v) is 4.30. The number of hydrogen-bond acceptors (Lipinski definition) is 4. The van der Waals surface area contributed by atoms with E-state index in [-0.39, 0.29) is 0 Å². The lowest BCUT2D eigenvalue weighted by atomic mass is 9.98. The molecule has 80 valence electrons. The molecule has 2 unspecified atom stereocenters. The Morgan fingerprint density at radius 1 is 1.64 bits per heavy atom. The summed E-state index contributed by atoms with van der Waals surface area (Å²) < 4.78 is 0. The summed E-state index contributed by atoms with van der Waals surface area (Å²) in [5, 5.41) is 0. The van der Waals surface area contributed by atoms with Crippen molar-refractivity contribution in [3.05, 3.63) is 0 Å². The molecule has 0 bridgehead atoms. The van der Waals surface area contributed by atoms with E-state index in [1.807, 2.05) is 0 Å². The minimum atomic E-state index is 0.602. The van der Waals surface area contributed by atoms with Crippen molar-refractivity contribution >= 4 is 17.7 Å². The van der Waals surface area contributed by atoms with Gasteiger partial charge in [0.1, 0.15) is 0 Å². The maximum absolute atomic E-state index is 5.89. The Morgan fingerprint density at radius 3 is 3.14 bits per heavy atom. The Morgan fingerprint density at radius 2 is 2.50 bits per heavy atom. The Hall–Kier alpha value is -0.380. The highest BCUT2D eigenvalue weighted by atomic mass is 32.2. The summed E-state index contributed by atoms with van der Waals surface area (Å²) in [5.74, 6) is 4.21. The molecule has 0 aromatic rings. The zero-order valence-electron chi connectivity index (χ0n) is 8.78.